The lowest BCUT2D eigenvalue weighted by molar-refractivity contribution is 0.101. The first-order valence-electron chi connectivity index (χ1n) is 6.76. The van der Waals surface area contributed by atoms with E-state index in [9.17, 15) is 4.79 Å². The first-order valence-corrected chi connectivity index (χ1v) is 9.43. The van der Waals surface area contributed by atoms with Crippen LogP contribution < -0.4 is 0 Å². The Labute approximate surface area is 127 Å². The van der Waals surface area contributed by atoms with E-state index < -0.39 is 0 Å². The molecule has 2 unspecified atom stereocenters. The van der Waals surface area contributed by atoms with Crippen LogP contribution in [0.4, 0.5) is 0 Å². The Morgan fingerprint density at radius 1 is 1.05 bits per heavy atom. The van der Waals surface area contributed by atoms with Crippen molar-refractivity contribution in [2.45, 2.75) is 10.3 Å². The molecule has 20 heavy (non-hydrogen) atoms. The number of carbonyl (C=O) groups excluding carboxylic acids is 1. The van der Waals surface area contributed by atoms with Gasteiger partial charge < -0.3 is 0 Å². The maximum absolute atomic E-state index is 12.6. The zero-order valence-corrected chi connectivity index (χ0v) is 12.8. The van der Waals surface area contributed by atoms with Crippen molar-refractivity contribution in [2.24, 2.45) is 0 Å². The zero-order valence-electron chi connectivity index (χ0n) is 11.2. The van der Waals surface area contributed by atoms with Crippen LogP contribution in [0.5, 0.6) is 0 Å². The number of ketones is 1. The van der Waals surface area contributed by atoms with Crippen LogP contribution in [0, 0.1) is 0 Å². The average Bonchev–Trinajstić information content (AvgIpc) is 2.96. The number of rotatable bonds is 4. The van der Waals surface area contributed by atoms with Crippen molar-refractivity contribution < 1.29 is 4.79 Å². The molecular weight excluding hydrogens is 284 g/mol. The van der Waals surface area contributed by atoms with Gasteiger partial charge in [-0.25, -0.2) is 0 Å². The third kappa shape index (κ3) is 3.10. The summed E-state index contributed by atoms with van der Waals surface area (Å²) in [6, 6.07) is 20.3. The maximum Gasteiger partial charge on any atom is 0.226 e. The second-order valence-electron chi connectivity index (χ2n) is 4.80. The maximum atomic E-state index is 12.6. The van der Waals surface area contributed by atoms with E-state index in [4.69, 9.17) is 0 Å². The minimum atomic E-state index is 0.151. The molecule has 102 valence electrons. The van der Waals surface area contributed by atoms with E-state index in [1.807, 2.05) is 48.2 Å². The normalized spacial score (nSPS) is 21.8. The van der Waals surface area contributed by atoms with Crippen molar-refractivity contribution in [3.8, 4) is 0 Å². The van der Waals surface area contributed by atoms with Gasteiger partial charge in [0.05, 0.1) is 0 Å². The fourth-order valence-electron chi connectivity index (χ4n) is 2.37. The van der Waals surface area contributed by atoms with Crippen LogP contribution in [0.2, 0.25) is 0 Å². The standard InChI is InChI=1S/C17H17OS2/c18-16(15-9-5-2-6-10-15)17-19-11-12-20(17)13-14-7-3-1-4-8-14/h1-10,17H,11-13H2/q+1. The van der Waals surface area contributed by atoms with Crippen molar-refractivity contribution >= 4 is 28.4 Å². The van der Waals surface area contributed by atoms with Crippen molar-refractivity contribution in [1.29, 1.82) is 0 Å². The molecule has 1 aliphatic rings. The Bertz CT molecular complexity index is 568. The summed E-state index contributed by atoms with van der Waals surface area (Å²) in [5, 5.41) is 0. The smallest absolute Gasteiger partial charge is 0.226 e. The molecule has 0 aliphatic carbocycles. The average molecular weight is 301 g/mol. The number of thioether (sulfide) groups is 1. The Morgan fingerprint density at radius 3 is 2.40 bits per heavy atom. The van der Waals surface area contributed by atoms with Gasteiger partial charge in [0.1, 0.15) is 11.5 Å². The van der Waals surface area contributed by atoms with Gasteiger partial charge in [-0.1, -0.05) is 72.4 Å². The van der Waals surface area contributed by atoms with Crippen molar-refractivity contribution in [2.75, 3.05) is 11.5 Å². The molecule has 0 radical (unpaired) electrons. The van der Waals surface area contributed by atoms with E-state index in [1.165, 1.54) is 11.3 Å². The molecule has 0 N–H and O–H groups in total. The Hall–Kier alpha value is -1.19. The van der Waals surface area contributed by atoms with Gasteiger partial charge in [-0.05, 0) is 0 Å². The molecule has 1 saturated heterocycles. The SMILES string of the molecule is O=C(c1ccccc1)C1SCC[S+]1Cc1ccccc1. The first-order chi connectivity index (χ1) is 9.84. The van der Waals surface area contributed by atoms with Crippen LogP contribution in [0.1, 0.15) is 15.9 Å². The number of hydrogen-bond donors (Lipinski definition) is 0. The fraction of sp³-hybridized carbons (Fsp3) is 0.235. The van der Waals surface area contributed by atoms with Gasteiger partial charge >= 0.3 is 0 Å². The second-order valence-corrected chi connectivity index (χ2v) is 8.56. The molecule has 3 rings (SSSR count). The van der Waals surface area contributed by atoms with Gasteiger partial charge in [0.15, 0.2) is 0 Å². The molecule has 0 bridgehead atoms. The third-order valence-corrected chi connectivity index (χ3v) is 8.08. The first kappa shape index (κ1) is 13.8. The van der Waals surface area contributed by atoms with E-state index in [-0.39, 0.29) is 15.5 Å². The predicted molar refractivity (Wildman–Crippen MR) is 89.4 cm³/mol. The third-order valence-electron chi connectivity index (χ3n) is 3.38. The van der Waals surface area contributed by atoms with Crippen molar-refractivity contribution in [3.63, 3.8) is 0 Å². The molecule has 0 spiro atoms. The van der Waals surface area contributed by atoms with E-state index in [0.717, 1.165) is 17.1 Å². The number of Topliss-reactive ketones (excluding diaryl/α,β-unsaturated/α-hetero) is 1. The lowest BCUT2D eigenvalue weighted by atomic mass is 10.1. The highest BCUT2D eigenvalue weighted by Gasteiger charge is 2.42. The van der Waals surface area contributed by atoms with Gasteiger partial charge in [-0.2, -0.15) is 0 Å². The summed E-state index contributed by atoms with van der Waals surface area (Å²) < 4.78 is 0.151. The molecule has 2 aromatic rings. The number of hydrogen-bond acceptors (Lipinski definition) is 2. The number of benzene rings is 2. The Balaban J connectivity index is 1.74. The van der Waals surface area contributed by atoms with Crippen LogP contribution in [-0.4, -0.2) is 21.9 Å². The van der Waals surface area contributed by atoms with E-state index in [0.29, 0.717) is 5.78 Å². The summed E-state index contributed by atoms with van der Waals surface area (Å²) in [6.45, 7) is 0. The van der Waals surface area contributed by atoms with Crippen LogP contribution in [0.3, 0.4) is 0 Å². The molecule has 3 heteroatoms. The van der Waals surface area contributed by atoms with Crippen LogP contribution in [0.15, 0.2) is 60.7 Å². The Morgan fingerprint density at radius 2 is 1.70 bits per heavy atom. The van der Waals surface area contributed by atoms with Crippen LogP contribution >= 0.6 is 11.8 Å². The van der Waals surface area contributed by atoms with E-state index in [1.54, 1.807) is 0 Å². The predicted octanol–water partition coefficient (Wildman–Crippen LogP) is 3.76. The molecule has 1 nitrogen and oxygen atoms in total. The highest BCUT2D eigenvalue weighted by atomic mass is 32.2. The van der Waals surface area contributed by atoms with Crippen molar-refractivity contribution in [1.82, 2.24) is 0 Å². The highest BCUT2D eigenvalue weighted by Crippen LogP contribution is 2.33. The monoisotopic (exact) mass is 301 g/mol. The lowest BCUT2D eigenvalue weighted by Crippen LogP contribution is -2.26. The van der Waals surface area contributed by atoms with E-state index >= 15 is 0 Å². The molecule has 1 heterocycles. The Kier molecular flexibility index (Phi) is 4.48. The van der Waals surface area contributed by atoms with Crippen LogP contribution in [0.25, 0.3) is 0 Å². The quantitative estimate of drug-likeness (QED) is 0.632. The summed E-state index contributed by atoms with van der Waals surface area (Å²) in [5.41, 5.74) is 2.21. The minimum absolute atomic E-state index is 0.151. The highest BCUT2D eigenvalue weighted by molar-refractivity contribution is 8.19. The number of carbonyl (C=O) groups is 1. The fourth-order valence-corrected chi connectivity index (χ4v) is 7.23. The summed E-state index contributed by atoms with van der Waals surface area (Å²) in [4.78, 5) is 12.6. The van der Waals surface area contributed by atoms with Gasteiger partial charge in [0, 0.05) is 27.8 Å². The largest absolute Gasteiger partial charge is 0.287 e. The molecule has 0 aromatic heterocycles. The molecular formula is C17H17OS2+. The molecule has 2 atom stereocenters. The molecule has 1 fully saturated rings. The summed E-state index contributed by atoms with van der Waals surface area (Å²) in [5.74, 6) is 3.63. The van der Waals surface area contributed by atoms with Crippen LogP contribution in [-0.2, 0) is 16.6 Å². The second kappa shape index (κ2) is 6.51. The molecule has 2 aromatic carbocycles. The summed E-state index contributed by atoms with van der Waals surface area (Å²) in [7, 11) is 0.167. The van der Waals surface area contributed by atoms with E-state index in [2.05, 4.69) is 24.3 Å². The summed E-state index contributed by atoms with van der Waals surface area (Å²) >= 11 is 1.84. The topological polar surface area (TPSA) is 17.1 Å². The van der Waals surface area contributed by atoms with Gasteiger partial charge in [0.25, 0.3) is 0 Å². The van der Waals surface area contributed by atoms with Gasteiger partial charge in [0.2, 0.25) is 10.4 Å². The summed E-state index contributed by atoms with van der Waals surface area (Å²) in [6.07, 6.45) is 0. The molecule has 0 saturated carbocycles. The zero-order chi connectivity index (χ0) is 13.8. The molecule has 1 aliphatic heterocycles. The van der Waals surface area contributed by atoms with Crippen molar-refractivity contribution in [3.05, 3.63) is 71.8 Å². The van der Waals surface area contributed by atoms with Gasteiger partial charge in [-0.15, -0.1) is 0 Å². The lowest BCUT2D eigenvalue weighted by Gasteiger charge is -2.10. The van der Waals surface area contributed by atoms with Gasteiger partial charge in [-0.3, -0.25) is 4.79 Å². The minimum Gasteiger partial charge on any atom is -0.287 e. The molecule has 0 amide bonds.